The average Bonchev–Trinajstić information content (AvgIpc) is 2.58. The fourth-order valence-electron chi connectivity index (χ4n) is 2.97. The van der Waals surface area contributed by atoms with Gasteiger partial charge in [-0.15, -0.1) is 0 Å². The summed E-state index contributed by atoms with van der Waals surface area (Å²) >= 11 is 0. The number of rotatable bonds is 10. The summed E-state index contributed by atoms with van der Waals surface area (Å²) in [6, 6.07) is 2.09. The van der Waals surface area contributed by atoms with Crippen LogP contribution in [0.3, 0.4) is 0 Å². The van der Waals surface area contributed by atoms with Crippen LogP contribution in [0.4, 0.5) is 11.4 Å². The first kappa shape index (κ1) is 21.3. The second-order valence-electron chi connectivity index (χ2n) is 6.20. The molecular weight excluding hydrogens is 340 g/mol. The van der Waals surface area contributed by atoms with E-state index < -0.39 is 27.2 Å². The zero-order valence-electron chi connectivity index (χ0n) is 15.2. The van der Waals surface area contributed by atoms with E-state index >= 15 is 0 Å². The molecule has 0 spiro atoms. The quantitative estimate of drug-likeness (QED) is 0.268. The summed E-state index contributed by atoms with van der Waals surface area (Å²) in [5, 5.41) is 32.1. The fourth-order valence-corrected chi connectivity index (χ4v) is 2.97. The van der Waals surface area contributed by atoms with E-state index in [0.717, 1.165) is 31.7 Å². The molecule has 0 aliphatic heterocycles. The van der Waals surface area contributed by atoms with Crippen LogP contribution in [0, 0.1) is 20.2 Å². The van der Waals surface area contributed by atoms with Gasteiger partial charge in [-0.05, 0) is 24.8 Å². The molecule has 0 heterocycles. The van der Waals surface area contributed by atoms with Crippen molar-refractivity contribution in [1.82, 2.24) is 0 Å². The molecule has 8 nitrogen and oxygen atoms in total. The molecule has 0 fully saturated rings. The van der Waals surface area contributed by atoms with Crippen molar-refractivity contribution in [1.29, 1.82) is 0 Å². The second-order valence-corrected chi connectivity index (χ2v) is 6.20. The first-order valence-corrected chi connectivity index (χ1v) is 8.61. The molecule has 0 bridgehead atoms. The standard InChI is InChI=1S/C18H24N2O6/c1-4-6-7-8-9-12(3)15-10-13(19(23)24)11-16(20(25)26)17(15)14(5-2)18(21)22/h5,10-12H,4,6-9H2,1-3H3,(H,21,22)/b14-5+. The highest BCUT2D eigenvalue weighted by Crippen LogP contribution is 2.39. The molecule has 0 radical (unpaired) electrons. The third-order valence-electron chi connectivity index (χ3n) is 4.35. The first-order chi connectivity index (χ1) is 12.2. The van der Waals surface area contributed by atoms with Crippen molar-refractivity contribution in [2.45, 2.75) is 58.8 Å². The lowest BCUT2D eigenvalue weighted by molar-refractivity contribution is -0.394. The summed E-state index contributed by atoms with van der Waals surface area (Å²) in [4.78, 5) is 32.8. The van der Waals surface area contributed by atoms with Crippen molar-refractivity contribution < 1.29 is 19.7 Å². The number of nitrogens with zero attached hydrogens (tertiary/aromatic N) is 2. The molecule has 1 aromatic rings. The van der Waals surface area contributed by atoms with Gasteiger partial charge in [-0.1, -0.05) is 45.6 Å². The topological polar surface area (TPSA) is 124 Å². The van der Waals surface area contributed by atoms with Crippen LogP contribution in [0.5, 0.6) is 0 Å². The maximum absolute atomic E-state index is 11.6. The highest BCUT2D eigenvalue weighted by atomic mass is 16.6. The predicted octanol–water partition coefficient (Wildman–Crippen LogP) is 5.06. The second kappa shape index (κ2) is 9.65. The zero-order valence-corrected chi connectivity index (χ0v) is 15.2. The molecule has 0 aliphatic rings. The highest BCUT2D eigenvalue weighted by Gasteiger charge is 2.30. The molecule has 142 valence electrons. The van der Waals surface area contributed by atoms with Gasteiger partial charge in [0.2, 0.25) is 0 Å². The molecule has 0 saturated heterocycles. The number of nitro benzene ring substituents is 2. The van der Waals surface area contributed by atoms with Gasteiger partial charge in [-0.2, -0.15) is 0 Å². The molecular formula is C18H24N2O6. The number of carbonyl (C=O) groups is 1. The fraction of sp³-hybridized carbons (Fsp3) is 0.500. The number of hydrogen-bond acceptors (Lipinski definition) is 5. The Labute approximate surface area is 151 Å². The molecule has 26 heavy (non-hydrogen) atoms. The molecule has 1 rings (SSSR count). The van der Waals surface area contributed by atoms with E-state index in [1.165, 1.54) is 19.1 Å². The van der Waals surface area contributed by atoms with Gasteiger partial charge in [0.1, 0.15) is 0 Å². The lowest BCUT2D eigenvalue weighted by Crippen LogP contribution is -2.10. The van der Waals surface area contributed by atoms with Gasteiger partial charge in [0.15, 0.2) is 0 Å². The number of non-ortho nitro benzene ring substituents is 1. The molecule has 0 aromatic heterocycles. The molecule has 0 amide bonds. The molecule has 0 saturated carbocycles. The van der Waals surface area contributed by atoms with Crippen LogP contribution in [-0.4, -0.2) is 20.9 Å². The molecule has 1 unspecified atom stereocenters. The van der Waals surface area contributed by atoms with E-state index in [2.05, 4.69) is 6.92 Å². The number of nitro groups is 2. The van der Waals surface area contributed by atoms with Crippen LogP contribution in [0.15, 0.2) is 18.2 Å². The lowest BCUT2D eigenvalue weighted by Gasteiger charge is -2.17. The Morgan fingerprint density at radius 3 is 2.31 bits per heavy atom. The van der Waals surface area contributed by atoms with Crippen LogP contribution in [-0.2, 0) is 4.79 Å². The smallest absolute Gasteiger partial charge is 0.336 e. The van der Waals surface area contributed by atoms with Crippen molar-refractivity contribution in [3.63, 3.8) is 0 Å². The Morgan fingerprint density at radius 1 is 1.19 bits per heavy atom. The van der Waals surface area contributed by atoms with Crippen LogP contribution < -0.4 is 0 Å². The summed E-state index contributed by atoms with van der Waals surface area (Å²) < 4.78 is 0. The molecule has 1 aromatic carbocycles. The van der Waals surface area contributed by atoms with Crippen LogP contribution in [0.1, 0.15) is 69.9 Å². The molecule has 0 aliphatic carbocycles. The Bertz CT molecular complexity index is 727. The van der Waals surface area contributed by atoms with Crippen LogP contribution >= 0.6 is 0 Å². The van der Waals surface area contributed by atoms with Crippen molar-refractivity contribution in [2.24, 2.45) is 0 Å². The zero-order chi connectivity index (χ0) is 19.9. The number of carboxylic acid groups (broad SMARTS) is 1. The number of hydrogen-bond donors (Lipinski definition) is 1. The van der Waals surface area contributed by atoms with E-state index in [0.29, 0.717) is 12.0 Å². The van der Waals surface area contributed by atoms with Crippen molar-refractivity contribution in [2.75, 3.05) is 0 Å². The average molecular weight is 364 g/mol. The van der Waals surface area contributed by atoms with E-state index in [9.17, 15) is 30.1 Å². The Balaban J connectivity index is 3.54. The minimum absolute atomic E-state index is 0.0430. The van der Waals surface area contributed by atoms with E-state index in [1.807, 2.05) is 6.92 Å². The van der Waals surface area contributed by atoms with Crippen molar-refractivity contribution in [3.8, 4) is 0 Å². The Hall–Kier alpha value is -2.77. The number of carboxylic acids is 1. The summed E-state index contributed by atoms with van der Waals surface area (Å²) in [7, 11) is 0. The Morgan fingerprint density at radius 2 is 1.85 bits per heavy atom. The minimum Gasteiger partial charge on any atom is -0.478 e. The predicted molar refractivity (Wildman–Crippen MR) is 98.2 cm³/mol. The van der Waals surface area contributed by atoms with Gasteiger partial charge in [-0.3, -0.25) is 20.2 Å². The van der Waals surface area contributed by atoms with Gasteiger partial charge >= 0.3 is 5.97 Å². The van der Waals surface area contributed by atoms with E-state index in [4.69, 9.17) is 0 Å². The maximum Gasteiger partial charge on any atom is 0.336 e. The van der Waals surface area contributed by atoms with Crippen LogP contribution in [0.25, 0.3) is 5.57 Å². The van der Waals surface area contributed by atoms with Crippen LogP contribution in [0.2, 0.25) is 0 Å². The maximum atomic E-state index is 11.6. The normalized spacial score (nSPS) is 12.7. The largest absolute Gasteiger partial charge is 0.478 e. The van der Waals surface area contributed by atoms with Gasteiger partial charge in [-0.25, -0.2) is 4.79 Å². The SMILES string of the molecule is C/C=C(/C(=O)O)c1c(C(C)CCCCCC)cc([N+](=O)[O-])cc1[N+](=O)[O-]. The van der Waals surface area contributed by atoms with E-state index in [1.54, 1.807) is 0 Å². The van der Waals surface area contributed by atoms with E-state index in [-0.39, 0.29) is 17.1 Å². The van der Waals surface area contributed by atoms with Crippen molar-refractivity contribution in [3.05, 3.63) is 49.6 Å². The lowest BCUT2D eigenvalue weighted by atomic mass is 9.86. The Kier molecular flexibility index (Phi) is 7.89. The summed E-state index contributed by atoms with van der Waals surface area (Å²) in [6.45, 7) is 5.37. The third-order valence-corrected chi connectivity index (χ3v) is 4.35. The van der Waals surface area contributed by atoms with Gasteiger partial charge in [0.25, 0.3) is 11.4 Å². The van der Waals surface area contributed by atoms with Crippen molar-refractivity contribution >= 4 is 22.9 Å². The van der Waals surface area contributed by atoms with Gasteiger partial charge < -0.3 is 5.11 Å². The van der Waals surface area contributed by atoms with Gasteiger partial charge in [0.05, 0.1) is 27.0 Å². The number of allylic oxidation sites excluding steroid dienone is 1. The monoisotopic (exact) mass is 364 g/mol. The highest BCUT2D eigenvalue weighted by molar-refractivity contribution is 6.17. The summed E-state index contributed by atoms with van der Waals surface area (Å²) in [5.41, 5.74) is -0.889. The number of unbranched alkanes of at least 4 members (excludes halogenated alkanes) is 3. The molecule has 1 N–H and O–H groups in total. The third kappa shape index (κ3) is 5.11. The van der Waals surface area contributed by atoms with Gasteiger partial charge in [0, 0.05) is 6.07 Å². The minimum atomic E-state index is -1.30. The molecule has 1 atom stereocenters. The molecule has 8 heteroatoms. The summed E-state index contributed by atoms with van der Waals surface area (Å²) in [5.74, 6) is -1.54. The number of aliphatic carboxylic acids is 1. The number of benzene rings is 1. The first-order valence-electron chi connectivity index (χ1n) is 8.61. The summed E-state index contributed by atoms with van der Waals surface area (Å²) in [6.07, 6.45) is 5.92.